The molecule has 1 aliphatic carbocycles. The quantitative estimate of drug-likeness (QED) is 0.818. The van der Waals surface area contributed by atoms with Crippen LogP contribution in [0.15, 0.2) is 24.3 Å². The van der Waals surface area contributed by atoms with Gasteiger partial charge in [0, 0.05) is 12.7 Å². The van der Waals surface area contributed by atoms with E-state index < -0.39 is 0 Å². The molecule has 1 N–H and O–H groups in total. The number of rotatable bonds is 2. The van der Waals surface area contributed by atoms with Gasteiger partial charge in [0.25, 0.3) is 0 Å². The first kappa shape index (κ1) is 10.4. The van der Waals surface area contributed by atoms with E-state index in [2.05, 4.69) is 5.32 Å². The molecule has 0 unspecified atom stereocenters. The van der Waals surface area contributed by atoms with E-state index in [9.17, 15) is 9.59 Å². The van der Waals surface area contributed by atoms with E-state index in [0.717, 1.165) is 0 Å². The van der Waals surface area contributed by atoms with E-state index in [4.69, 9.17) is 4.74 Å². The minimum atomic E-state index is -0.205. The molecule has 4 nitrogen and oxygen atoms in total. The van der Waals surface area contributed by atoms with E-state index in [1.807, 2.05) is 0 Å². The van der Waals surface area contributed by atoms with Gasteiger partial charge in [-0.3, -0.25) is 9.59 Å². The summed E-state index contributed by atoms with van der Waals surface area (Å²) in [6.45, 7) is 0. The molecule has 0 bridgehead atoms. The molecule has 0 fully saturated rings. The lowest BCUT2D eigenvalue weighted by Gasteiger charge is -2.16. The molecule has 4 heteroatoms. The molecule has 0 aromatic heterocycles. The third kappa shape index (κ3) is 1.39. The fourth-order valence-corrected chi connectivity index (χ4v) is 1.78. The smallest absolute Gasteiger partial charge is 0.190 e. The molecule has 2 rings (SSSR count). The van der Waals surface area contributed by atoms with Crippen LogP contribution < -0.4 is 10.1 Å². The van der Waals surface area contributed by atoms with Crippen molar-refractivity contribution < 1.29 is 14.3 Å². The van der Waals surface area contributed by atoms with Gasteiger partial charge < -0.3 is 10.1 Å². The second kappa shape index (κ2) is 3.81. The van der Waals surface area contributed by atoms with Crippen LogP contribution in [0.2, 0.25) is 0 Å². The van der Waals surface area contributed by atoms with Gasteiger partial charge in [0.05, 0.1) is 18.2 Å². The average molecular weight is 217 g/mol. The Morgan fingerprint density at radius 2 is 1.69 bits per heavy atom. The molecule has 0 aliphatic heterocycles. The number of nitrogens with one attached hydrogen (secondary N) is 1. The van der Waals surface area contributed by atoms with Gasteiger partial charge >= 0.3 is 0 Å². The molecule has 1 aromatic carbocycles. The number of fused-ring (bicyclic) bond motifs is 1. The lowest BCUT2D eigenvalue weighted by Crippen LogP contribution is -2.15. The van der Waals surface area contributed by atoms with Crippen molar-refractivity contribution in [2.45, 2.75) is 0 Å². The number of carbonyl (C=O) groups is 2. The Morgan fingerprint density at radius 1 is 1.06 bits per heavy atom. The van der Waals surface area contributed by atoms with Gasteiger partial charge in [-0.1, -0.05) is 0 Å². The molecule has 16 heavy (non-hydrogen) atoms. The van der Waals surface area contributed by atoms with Crippen molar-refractivity contribution in [3.8, 4) is 5.75 Å². The highest BCUT2D eigenvalue weighted by atomic mass is 16.5. The van der Waals surface area contributed by atoms with Crippen LogP contribution in [-0.4, -0.2) is 25.7 Å². The molecule has 0 spiro atoms. The summed E-state index contributed by atoms with van der Waals surface area (Å²) in [5.41, 5.74) is 1.36. The Bertz CT molecular complexity index is 458. The minimum Gasteiger partial charge on any atom is -0.496 e. The molecular weight excluding hydrogens is 206 g/mol. The van der Waals surface area contributed by atoms with Gasteiger partial charge in [0.15, 0.2) is 11.6 Å². The molecule has 1 aliphatic rings. The maximum atomic E-state index is 11.7. The van der Waals surface area contributed by atoms with E-state index in [0.29, 0.717) is 22.6 Å². The maximum absolute atomic E-state index is 11.7. The molecule has 1 aromatic rings. The number of ketones is 2. The second-order valence-corrected chi connectivity index (χ2v) is 3.38. The fraction of sp³-hybridized carbons (Fsp3) is 0.167. The Morgan fingerprint density at radius 3 is 2.25 bits per heavy atom. The number of anilines is 1. The van der Waals surface area contributed by atoms with Crippen molar-refractivity contribution in [2.24, 2.45) is 0 Å². The normalized spacial score (nSPS) is 13.6. The zero-order valence-electron chi connectivity index (χ0n) is 9.03. The summed E-state index contributed by atoms with van der Waals surface area (Å²) >= 11 is 0. The largest absolute Gasteiger partial charge is 0.496 e. The highest BCUT2D eigenvalue weighted by molar-refractivity contribution is 6.25. The summed E-state index contributed by atoms with van der Waals surface area (Å²) in [7, 11) is 3.18. The first-order chi connectivity index (χ1) is 7.69. The predicted molar refractivity (Wildman–Crippen MR) is 60.3 cm³/mol. The van der Waals surface area contributed by atoms with Crippen molar-refractivity contribution in [2.75, 3.05) is 19.5 Å². The molecular formula is C12H11NO3. The summed E-state index contributed by atoms with van der Waals surface area (Å²) in [5.74, 6) is 0.0399. The van der Waals surface area contributed by atoms with Crippen molar-refractivity contribution in [3.05, 3.63) is 35.4 Å². The third-order valence-electron chi connectivity index (χ3n) is 2.54. The zero-order valence-corrected chi connectivity index (χ0v) is 9.03. The van der Waals surface area contributed by atoms with Gasteiger partial charge in [-0.25, -0.2) is 0 Å². The average Bonchev–Trinajstić information content (AvgIpc) is 2.32. The van der Waals surface area contributed by atoms with Crippen molar-refractivity contribution >= 4 is 17.3 Å². The molecule has 0 amide bonds. The number of allylic oxidation sites excluding steroid dienone is 2. The number of hydrogen-bond acceptors (Lipinski definition) is 4. The monoisotopic (exact) mass is 217 g/mol. The highest BCUT2D eigenvalue weighted by Crippen LogP contribution is 2.32. The Kier molecular flexibility index (Phi) is 2.48. The zero-order chi connectivity index (χ0) is 11.7. The predicted octanol–water partition coefficient (Wildman–Crippen LogP) is 1.67. The number of methoxy groups -OCH3 is 1. The van der Waals surface area contributed by atoms with Crippen LogP contribution in [0, 0.1) is 0 Å². The molecule has 0 saturated heterocycles. The van der Waals surface area contributed by atoms with Crippen LogP contribution in [-0.2, 0) is 0 Å². The fourth-order valence-electron chi connectivity index (χ4n) is 1.78. The lowest BCUT2D eigenvalue weighted by molar-refractivity contribution is 0.0992. The van der Waals surface area contributed by atoms with Crippen molar-refractivity contribution in [1.82, 2.24) is 0 Å². The molecule has 0 radical (unpaired) electrons. The number of ether oxygens (including phenoxy) is 1. The minimum absolute atomic E-state index is 0.183. The standard InChI is InChI=1S/C12H11NO3/c1-13-7-3-6-10(16-2)12-9(15)5-4-8(14)11(7)12/h3-6,13H,1-2H3. The van der Waals surface area contributed by atoms with E-state index >= 15 is 0 Å². The third-order valence-corrected chi connectivity index (χ3v) is 2.54. The summed E-state index contributed by atoms with van der Waals surface area (Å²) in [6.07, 6.45) is 2.55. The molecule has 0 saturated carbocycles. The summed E-state index contributed by atoms with van der Waals surface area (Å²) in [4.78, 5) is 23.5. The van der Waals surface area contributed by atoms with E-state index in [1.54, 1.807) is 19.2 Å². The Hall–Kier alpha value is -2.10. The summed E-state index contributed by atoms with van der Waals surface area (Å²) in [6, 6.07) is 3.40. The summed E-state index contributed by atoms with van der Waals surface area (Å²) < 4.78 is 5.10. The lowest BCUT2D eigenvalue weighted by atomic mass is 9.92. The number of hydrogen-bond donors (Lipinski definition) is 1. The van der Waals surface area contributed by atoms with Gasteiger partial charge in [0.2, 0.25) is 0 Å². The van der Waals surface area contributed by atoms with Gasteiger partial charge in [-0.2, -0.15) is 0 Å². The number of carbonyl (C=O) groups excluding carboxylic acids is 2. The maximum Gasteiger partial charge on any atom is 0.190 e. The van der Waals surface area contributed by atoms with Gasteiger partial charge in [0.1, 0.15) is 5.75 Å². The van der Waals surface area contributed by atoms with Crippen LogP contribution >= 0.6 is 0 Å². The van der Waals surface area contributed by atoms with Crippen LogP contribution in [0.4, 0.5) is 5.69 Å². The van der Waals surface area contributed by atoms with Crippen LogP contribution in [0.3, 0.4) is 0 Å². The first-order valence-corrected chi connectivity index (χ1v) is 4.84. The Balaban J connectivity index is 2.76. The van der Waals surface area contributed by atoms with E-state index in [1.165, 1.54) is 19.3 Å². The topological polar surface area (TPSA) is 55.4 Å². The van der Waals surface area contributed by atoms with Crippen LogP contribution in [0.5, 0.6) is 5.75 Å². The van der Waals surface area contributed by atoms with E-state index in [-0.39, 0.29) is 11.6 Å². The van der Waals surface area contributed by atoms with Gasteiger partial charge in [-0.15, -0.1) is 0 Å². The molecule has 0 heterocycles. The van der Waals surface area contributed by atoms with Crippen LogP contribution in [0.1, 0.15) is 20.7 Å². The van der Waals surface area contributed by atoms with Crippen molar-refractivity contribution in [3.63, 3.8) is 0 Å². The molecule has 0 atom stereocenters. The Labute approximate surface area is 92.9 Å². The van der Waals surface area contributed by atoms with Gasteiger partial charge in [-0.05, 0) is 24.3 Å². The number of benzene rings is 1. The van der Waals surface area contributed by atoms with Crippen molar-refractivity contribution in [1.29, 1.82) is 0 Å². The SMILES string of the molecule is CNc1ccc(OC)c2c1C(=O)C=CC2=O. The summed E-state index contributed by atoms with van der Waals surface area (Å²) in [5, 5.41) is 2.89. The molecule has 82 valence electrons. The second-order valence-electron chi connectivity index (χ2n) is 3.38. The van der Waals surface area contributed by atoms with Crippen LogP contribution in [0.25, 0.3) is 0 Å². The first-order valence-electron chi connectivity index (χ1n) is 4.84. The highest BCUT2D eigenvalue weighted by Gasteiger charge is 2.25.